The molecule has 0 spiro atoms. The van der Waals surface area contributed by atoms with Crippen molar-refractivity contribution in [3.8, 4) is 0 Å². The molecule has 1 atom stereocenters. The fraction of sp³-hybridized carbons (Fsp3) is 0.143. The molecule has 0 nitrogen and oxygen atoms in total. The van der Waals surface area contributed by atoms with Gasteiger partial charge in [-0.1, -0.05) is 38.9 Å². The molecule has 10 heavy (non-hydrogen) atoms. The fourth-order valence-corrected chi connectivity index (χ4v) is 1.68. The van der Waals surface area contributed by atoms with Gasteiger partial charge in [0.2, 0.25) is 0 Å². The summed E-state index contributed by atoms with van der Waals surface area (Å²) in [5, 5.41) is 1.34. The van der Waals surface area contributed by atoms with Crippen LogP contribution in [0.2, 0.25) is 0 Å². The molecule has 56 valence electrons. The lowest BCUT2D eigenvalue weighted by molar-refractivity contribution is 1.77. The first-order chi connectivity index (χ1) is 4.43. The summed E-state index contributed by atoms with van der Waals surface area (Å²) in [6, 6.07) is 10.3. The maximum absolute atomic E-state index is 5.55. The van der Waals surface area contributed by atoms with Crippen molar-refractivity contribution in [3.63, 3.8) is 0 Å². The quantitative estimate of drug-likeness (QED) is 0.502. The third-order valence-corrected chi connectivity index (χ3v) is 2.32. The van der Waals surface area contributed by atoms with E-state index in [1.54, 1.807) is 0 Å². The van der Waals surface area contributed by atoms with Crippen molar-refractivity contribution in [2.45, 2.75) is 0 Å². The molecule has 0 aliphatic carbocycles. The van der Waals surface area contributed by atoms with Crippen LogP contribution in [0.1, 0.15) is 0 Å². The Labute approximate surface area is 74.2 Å². The molecular formula is C7H9Cl2P. The predicted molar refractivity (Wildman–Crippen MR) is 52.4 cm³/mol. The van der Waals surface area contributed by atoms with Crippen LogP contribution in [0.15, 0.2) is 30.3 Å². The highest BCUT2D eigenvalue weighted by Gasteiger charge is 1.85. The van der Waals surface area contributed by atoms with Crippen molar-refractivity contribution < 1.29 is 0 Å². The van der Waals surface area contributed by atoms with Gasteiger partial charge in [-0.05, 0) is 5.30 Å². The summed E-state index contributed by atoms with van der Waals surface area (Å²) in [6.45, 7) is 0. The molecule has 3 heteroatoms. The fourth-order valence-electron chi connectivity index (χ4n) is 0.633. The van der Waals surface area contributed by atoms with Crippen LogP contribution >= 0.6 is 32.6 Å². The summed E-state index contributed by atoms with van der Waals surface area (Å²) in [4.78, 5) is 0. The van der Waals surface area contributed by atoms with Crippen molar-refractivity contribution in [1.29, 1.82) is 0 Å². The number of alkyl halides is 1. The number of benzene rings is 1. The van der Waals surface area contributed by atoms with Crippen molar-refractivity contribution in [3.05, 3.63) is 30.3 Å². The van der Waals surface area contributed by atoms with E-state index in [9.17, 15) is 0 Å². The molecule has 0 N–H and O–H groups in total. The molecule has 0 saturated heterocycles. The maximum atomic E-state index is 5.55. The zero-order valence-electron chi connectivity index (χ0n) is 5.38. The SMILES string of the molecule is Cl.ClCPc1ccccc1. The highest BCUT2D eigenvalue weighted by molar-refractivity contribution is 7.49. The van der Waals surface area contributed by atoms with E-state index < -0.39 is 0 Å². The number of hydrogen-bond donors (Lipinski definition) is 0. The zero-order chi connectivity index (χ0) is 6.53. The molecule has 1 aromatic rings. The van der Waals surface area contributed by atoms with Crippen LogP contribution in [0, 0.1) is 0 Å². The Balaban J connectivity index is 0.000000810. The second-order valence-corrected chi connectivity index (χ2v) is 3.68. The predicted octanol–water partition coefficient (Wildman–Crippen LogP) is 2.61. The van der Waals surface area contributed by atoms with Gasteiger partial charge in [0.1, 0.15) is 0 Å². The van der Waals surface area contributed by atoms with Gasteiger partial charge in [0.15, 0.2) is 0 Å². The first-order valence-corrected chi connectivity index (χ1v) is 4.52. The molecule has 0 aliphatic heterocycles. The Morgan fingerprint density at radius 2 is 1.80 bits per heavy atom. The van der Waals surface area contributed by atoms with Gasteiger partial charge in [-0.15, -0.1) is 24.0 Å². The van der Waals surface area contributed by atoms with E-state index >= 15 is 0 Å². The van der Waals surface area contributed by atoms with Gasteiger partial charge < -0.3 is 0 Å². The van der Waals surface area contributed by atoms with Crippen molar-refractivity contribution in [2.75, 3.05) is 5.62 Å². The van der Waals surface area contributed by atoms with Gasteiger partial charge in [0.25, 0.3) is 0 Å². The third kappa shape index (κ3) is 3.41. The Morgan fingerprint density at radius 3 is 2.30 bits per heavy atom. The number of hydrogen-bond acceptors (Lipinski definition) is 0. The molecule has 1 rings (SSSR count). The normalized spacial score (nSPS) is 9.70. The van der Waals surface area contributed by atoms with E-state index in [0.29, 0.717) is 0 Å². The van der Waals surface area contributed by atoms with Crippen LogP contribution in [-0.4, -0.2) is 5.62 Å². The molecule has 1 unspecified atom stereocenters. The van der Waals surface area contributed by atoms with Gasteiger partial charge >= 0.3 is 0 Å². The topological polar surface area (TPSA) is 0 Å². The molecule has 0 aliphatic rings. The lowest BCUT2D eigenvalue weighted by atomic mass is 10.4. The van der Waals surface area contributed by atoms with E-state index in [1.165, 1.54) is 5.30 Å². The van der Waals surface area contributed by atoms with Crippen LogP contribution < -0.4 is 5.30 Å². The maximum Gasteiger partial charge on any atom is 0.0437 e. The summed E-state index contributed by atoms with van der Waals surface area (Å²) < 4.78 is 0. The minimum absolute atomic E-state index is 0. The average Bonchev–Trinajstić information content (AvgIpc) is 1.91. The summed E-state index contributed by atoms with van der Waals surface area (Å²) in [7, 11) is 0.753. The second kappa shape index (κ2) is 5.97. The van der Waals surface area contributed by atoms with E-state index in [1.807, 2.05) is 18.2 Å². The molecule has 0 saturated carbocycles. The van der Waals surface area contributed by atoms with Crippen molar-refractivity contribution in [1.82, 2.24) is 0 Å². The van der Waals surface area contributed by atoms with E-state index in [0.717, 1.165) is 14.2 Å². The molecule has 0 amide bonds. The highest BCUT2D eigenvalue weighted by atomic mass is 35.5. The van der Waals surface area contributed by atoms with E-state index in [4.69, 9.17) is 11.6 Å². The minimum atomic E-state index is 0. The third-order valence-electron chi connectivity index (χ3n) is 1.04. The first kappa shape index (κ1) is 10.2. The smallest absolute Gasteiger partial charge is 0.0437 e. The highest BCUT2D eigenvalue weighted by Crippen LogP contribution is 2.09. The van der Waals surface area contributed by atoms with Crippen LogP contribution in [0.5, 0.6) is 0 Å². The van der Waals surface area contributed by atoms with Gasteiger partial charge in [0, 0.05) is 5.62 Å². The first-order valence-electron chi connectivity index (χ1n) is 2.78. The lowest BCUT2D eigenvalue weighted by Gasteiger charge is -1.93. The molecule has 0 fully saturated rings. The van der Waals surface area contributed by atoms with Gasteiger partial charge in [-0.2, -0.15) is 0 Å². The van der Waals surface area contributed by atoms with Gasteiger partial charge in [-0.3, -0.25) is 0 Å². The van der Waals surface area contributed by atoms with Crippen LogP contribution in [0.4, 0.5) is 0 Å². The summed E-state index contributed by atoms with van der Waals surface area (Å²) >= 11 is 5.55. The standard InChI is InChI=1S/C7H8ClP.ClH/c8-6-9-7-4-2-1-3-5-7;/h1-5,9H,6H2;1H. The van der Waals surface area contributed by atoms with Gasteiger partial charge in [0.05, 0.1) is 0 Å². The lowest BCUT2D eigenvalue weighted by Crippen LogP contribution is -1.89. The largest absolute Gasteiger partial charge is 0.147 e. The summed E-state index contributed by atoms with van der Waals surface area (Å²) in [5.74, 6) is 0. The summed E-state index contributed by atoms with van der Waals surface area (Å²) in [5.41, 5.74) is 0.740. The number of halogens is 2. The molecular weight excluding hydrogens is 186 g/mol. The van der Waals surface area contributed by atoms with E-state index in [2.05, 4.69) is 12.1 Å². The van der Waals surface area contributed by atoms with Gasteiger partial charge in [-0.25, -0.2) is 0 Å². The molecule has 0 aromatic heterocycles. The molecule has 1 aromatic carbocycles. The molecule has 0 bridgehead atoms. The molecule has 0 heterocycles. The van der Waals surface area contributed by atoms with Crippen LogP contribution in [0.3, 0.4) is 0 Å². The minimum Gasteiger partial charge on any atom is -0.147 e. The monoisotopic (exact) mass is 194 g/mol. The zero-order valence-corrected chi connectivity index (χ0v) is 7.95. The van der Waals surface area contributed by atoms with E-state index in [-0.39, 0.29) is 12.4 Å². The summed E-state index contributed by atoms with van der Waals surface area (Å²) in [6.07, 6.45) is 0. The average molecular weight is 195 g/mol. The Bertz CT molecular complexity index is 165. The van der Waals surface area contributed by atoms with Crippen LogP contribution in [0.25, 0.3) is 0 Å². The number of rotatable bonds is 2. The van der Waals surface area contributed by atoms with Crippen molar-refractivity contribution in [2.24, 2.45) is 0 Å². The Hall–Kier alpha value is 0.230. The van der Waals surface area contributed by atoms with Crippen LogP contribution in [-0.2, 0) is 0 Å². The Morgan fingerprint density at radius 1 is 1.20 bits per heavy atom. The second-order valence-electron chi connectivity index (χ2n) is 1.68. The van der Waals surface area contributed by atoms with Crippen molar-refractivity contribution >= 4 is 37.9 Å². The molecule has 0 radical (unpaired) electrons. The Kier molecular flexibility index (Phi) is 6.11.